The van der Waals surface area contributed by atoms with Gasteiger partial charge in [0.15, 0.2) is 5.78 Å². The molecule has 0 radical (unpaired) electrons. The second-order valence-corrected chi connectivity index (χ2v) is 7.24. The summed E-state index contributed by atoms with van der Waals surface area (Å²) < 4.78 is 16.1. The van der Waals surface area contributed by atoms with Crippen molar-refractivity contribution < 1.29 is 14.0 Å². The van der Waals surface area contributed by atoms with Crippen LogP contribution in [0.5, 0.6) is 0 Å². The van der Waals surface area contributed by atoms with E-state index in [1.54, 1.807) is 12.1 Å². The van der Waals surface area contributed by atoms with E-state index in [2.05, 4.69) is 5.32 Å². The molecular weight excluding hydrogens is 331 g/mol. The number of carbonyl (C=O) groups excluding carboxylic acids is 2. The third-order valence-electron chi connectivity index (χ3n) is 4.93. The molecule has 2 aromatic rings. The van der Waals surface area contributed by atoms with Gasteiger partial charge in [0, 0.05) is 35.0 Å². The summed E-state index contributed by atoms with van der Waals surface area (Å²) in [7, 11) is 0. The Morgan fingerprint density at radius 2 is 2.00 bits per heavy atom. The van der Waals surface area contributed by atoms with Crippen LogP contribution in [0, 0.1) is 12.7 Å². The van der Waals surface area contributed by atoms with Gasteiger partial charge >= 0.3 is 0 Å². The van der Waals surface area contributed by atoms with Gasteiger partial charge < -0.3 is 9.88 Å². The van der Waals surface area contributed by atoms with E-state index in [1.165, 1.54) is 6.07 Å². The van der Waals surface area contributed by atoms with Crippen molar-refractivity contribution >= 4 is 11.7 Å². The zero-order chi connectivity index (χ0) is 18.8. The smallest absolute Gasteiger partial charge is 0.224 e. The second-order valence-electron chi connectivity index (χ2n) is 7.24. The molecule has 1 heterocycles. The highest BCUT2D eigenvalue weighted by Crippen LogP contribution is 2.31. The van der Waals surface area contributed by atoms with Crippen molar-refractivity contribution in [2.24, 2.45) is 0 Å². The largest absolute Gasteiger partial charge is 0.354 e. The fourth-order valence-electron chi connectivity index (χ4n) is 3.75. The van der Waals surface area contributed by atoms with Gasteiger partial charge in [0.05, 0.1) is 13.0 Å². The highest BCUT2D eigenvalue weighted by Gasteiger charge is 2.29. The average molecular weight is 356 g/mol. The van der Waals surface area contributed by atoms with Crippen molar-refractivity contribution in [2.45, 2.75) is 59.0 Å². The van der Waals surface area contributed by atoms with E-state index in [0.29, 0.717) is 24.1 Å². The quantitative estimate of drug-likeness (QED) is 0.890. The van der Waals surface area contributed by atoms with E-state index in [4.69, 9.17) is 0 Å². The van der Waals surface area contributed by atoms with Crippen molar-refractivity contribution in [1.29, 1.82) is 0 Å². The van der Waals surface area contributed by atoms with Crippen LogP contribution in [-0.4, -0.2) is 22.3 Å². The molecule has 0 bridgehead atoms. The normalized spacial score (nSPS) is 13.8. The van der Waals surface area contributed by atoms with Gasteiger partial charge in [0.25, 0.3) is 0 Å². The zero-order valence-electron chi connectivity index (χ0n) is 15.6. The van der Waals surface area contributed by atoms with E-state index in [-0.39, 0.29) is 30.0 Å². The molecule has 0 fully saturated rings. The third kappa shape index (κ3) is 3.57. The van der Waals surface area contributed by atoms with Crippen LogP contribution < -0.4 is 5.32 Å². The van der Waals surface area contributed by atoms with Crippen molar-refractivity contribution in [3.8, 4) is 0 Å². The first kappa shape index (κ1) is 18.4. The van der Waals surface area contributed by atoms with Crippen LogP contribution in [0.2, 0.25) is 0 Å². The van der Waals surface area contributed by atoms with Crippen LogP contribution in [0.3, 0.4) is 0 Å². The Balaban J connectivity index is 2.03. The summed E-state index contributed by atoms with van der Waals surface area (Å²) >= 11 is 0. The second kappa shape index (κ2) is 7.44. The summed E-state index contributed by atoms with van der Waals surface area (Å²) in [6.07, 6.45) is 2.27. The molecule has 1 aliphatic rings. The first-order valence-corrected chi connectivity index (χ1v) is 9.15. The van der Waals surface area contributed by atoms with Crippen molar-refractivity contribution in [3.63, 3.8) is 0 Å². The number of nitrogens with one attached hydrogen (secondary N) is 1. The minimum atomic E-state index is -0.254. The molecule has 0 saturated heterocycles. The SMILES string of the molecule is Cc1c(CC(=O)NC(C)C)c2c(n1Cc1ccccc1F)CCCC2=O. The maximum Gasteiger partial charge on any atom is 0.224 e. The molecule has 4 nitrogen and oxygen atoms in total. The number of aromatic nitrogens is 1. The summed E-state index contributed by atoms with van der Waals surface area (Å²) in [4.78, 5) is 24.9. The molecule has 5 heteroatoms. The first-order chi connectivity index (χ1) is 12.4. The molecule has 1 aromatic carbocycles. The number of carbonyl (C=O) groups is 2. The molecule has 1 aliphatic carbocycles. The predicted octanol–water partition coefficient (Wildman–Crippen LogP) is 3.57. The summed E-state index contributed by atoms with van der Waals surface area (Å²) in [5.74, 6) is -0.253. The molecule has 0 aliphatic heterocycles. The van der Waals surface area contributed by atoms with Gasteiger partial charge in [-0.2, -0.15) is 0 Å². The van der Waals surface area contributed by atoms with E-state index < -0.39 is 0 Å². The molecule has 1 amide bonds. The lowest BCUT2D eigenvalue weighted by molar-refractivity contribution is -0.120. The molecule has 0 saturated carbocycles. The topological polar surface area (TPSA) is 51.1 Å². The summed E-state index contributed by atoms with van der Waals surface area (Å²) in [6, 6.07) is 6.74. The summed E-state index contributed by atoms with van der Waals surface area (Å²) in [5, 5.41) is 2.89. The molecule has 0 unspecified atom stereocenters. The summed E-state index contributed by atoms with van der Waals surface area (Å²) in [5.41, 5.74) is 3.88. The van der Waals surface area contributed by atoms with Crippen molar-refractivity contribution in [3.05, 3.63) is 58.2 Å². The molecule has 3 rings (SSSR count). The molecule has 0 spiro atoms. The maximum atomic E-state index is 14.1. The Morgan fingerprint density at radius 3 is 2.69 bits per heavy atom. The number of rotatable bonds is 5. The predicted molar refractivity (Wildman–Crippen MR) is 98.9 cm³/mol. The van der Waals surface area contributed by atoms with Gasteiger partial charge in [-0.25, -0.2) is 4.39 Å². The number of nitrogens with zero attached hydrogens (tertiary/aromatic N) is 1. The highest BCUT2D eigenvalue weighted by molar-refractivity contribution is 6.01. The van der Waals surface area contributed by atoms with Gasteiger partial charge in [-0.1, -0.05) is 18.2 Å². The molecule has 0 atom stereocenters. The molecule has 1 N–H and O–H groups in total. The van der Waals surface area contributed by atoms with Crippen LogP contribution in [0.15, 0.2) is 24.3 Å². The minimum absolute atomic E-state index is 0.0508. The average Bonchev–Trinajstić information content (AvgIpc) is 2.83. The van der Waals surface area contributed by atoms with Crippen LogP contribution in [0.1, 0.15) is 59.6 Å². The first-order valence-electron chi connectivity index (χ1n) is 9.15. The maximum absolute atomic E-state index is 14.1. The van der Waals surface area contributed by atoms with E-state index in [1.807, 2.05) is 31.4 Å². The highest BCUT2D eigenvalue weighted by atomic mass is 19.1. The Kier molecular flexibility index (Phi) is 5.25. The minimum Gasteiger partial charge on any atom is -0.354 e. The third-order valence-corrected chi connectivity index (χ3v) is 4.93. The number of amides is 1. The number of ketones is 1. The van der Waals surface area contributed by atoms with Crippen LogP contribution in [-0.2, 0) is 24.2 Å². The van der Waals surface area contributed by atoms with Gasteiger partial charge in [0.2, 0.25) is 5.91 Å². The molecule has 26 heavy (non-hydrogen) atoms. The molecule has 138 valence electrons. The van der Waals surface area contributed by atoms with E-state index in [9.17, 15) is 14.0 Å². The molecular formula is C21H25FN2O2. The molecule has 1 aromatic heterocycles. The van der Waals surface area contributed by atoms with Crippen LogP contribution >= 0.6 is 0 Å². The van der Waals surface area contributed by atoms with Crippen LogP contribution in [0.4, 0.5) is 4.39 Å². The van der Waals surface area contributed by atoms with Crippen molar-refractivity contribution in [1.82, 2.24) is 9.88 Å². The van der Waals surface area contributed by atoms with Crippen LogP contribution in [0.25, 0.3) is 0 Å². The summed E-state index contributed by atoms with van der Waals surface area (Å²) in [6.45, 7) is 6.12. The van der Waals surface area contributed by atoms with E-state index in [0.717, 1.165) is 29.8 Å². The Hall–Kier alpha value is -2.43. The Bertz CT molecular complexity index is 852. The van der Waals surface area contributed by atoms with Crippen molar-refractivity contribution in [2.75, 3.05) is 0 Å². The van der Waals surface area contributed by atoms with Gasteiger partial charge in [-0.05, 0) is 45.2 Å². The standard InChI is InChI=1S/C21H25FN2O2/c1-13(2)23-20(26)11-16-14(3)24(12-15-7-4-5-8-17(15)22)18-9-6-10-19(25)21(16)18/h4-5,7-8,13H,6,9-12H2,1-3H3,(H,23,26). The number of halogens is 1. The number of hydrogen-bond donors (Lipinski definition) is 1. The Morgan fingerprint density at radius 1 is 1.27 bits per heavy atom. The van der Waals surface area contributed by atoms with Gasteiger partial charge in [-0.3, -0.25) is 9.59 Å². The zero-order valence-corrected chi connectivity index (χ0v) is 15.6. The van der Waals surface area contributed by atoms with Gasteiger partial charge in [0.1, 0.15) is 5.82 Å². The number of fused-ring (bicyclic) bond motifs is 1. The fourth-order valence-corrected chi connectivity index (χ4v) is 3.75. The van der Waals surface area contributed by atoms with Gasteiger partial charge in [-0.15, -0.1) is 0 Å². The monoisotopic (exact) mass is 356 g/mol. The lowest BCUT2D eigenvalue weighted by Crippen LogP contribution is -2.32. The number of benzene rings is 1. The number of Topliss-reactive ketones (excluding diaryl/α,β-unsaturated/α-hetero) is 1. The van der Waals surface area contributed by atoms with E-state index >= 15 is 0 Å². The number of hydrogen-bond acceptors (Lipinski definition) is 2. The Labute approximate surface area is 153 Å². The lowest BCUT2D eigenvalue weighted by Gasteiger charge is -2.16. The fraction of sp³-hybridized carbons (Fsp3) is 0.429. The lowest BCUT2D eigenvalue weighted by atomic mass is 9.92.